The topological polar surface area (TPSA) is 26.0 Å². The van der Waals surface area contributed by atoms with E-state index in [0.29, 0.717) is 20.6 Å². The Morgan fingerprint density at radius 2 is 1.62 bits per heavy atom. The van der Waals surface area contributed by atoms with Crippen molar-refractivity contribution < 1.29 is 17.6 Å². The second-order valence-corrected chi connectivity index (χ2v) is 6.15. The number of halogens is 6. The van der Waals surface area contributed by atoms with Gasteiger partial charge in [-0.25, -0.2) is 4.39 Å². The summed E-state index contributed by atoms with van der Waals surface area (Å²) in [6.07, 6.45) is -4.54. The molecule has 0 aliphatic heterocycles. The summed E-state index contributed by atoms with van der Waals surface area (Å²) in [5.41, 5.74) is 5.29. The van der Waals surface area contributed by atoms with Gasteiger partial charge in [-0.3, -0.25) is 0 Å². The number of benzene rings is 2. The predicted octanol–water partition coefficient (Wildman–Crippen LogP) is 5.42. The first-order valence-corrected chi connectivity index (χ1v) is 7.36. The number of hydrogen-bond acceptors (Lipinski definition) is 1. The van der Waals surface area contributed by atoms with Crippen LogP contribution in [-0.2, 0) is 6.18 Å². The Balaban J connectivity index is 2.52. The predicted molar refractivity (Wildman–Crippen MR) is 79.3 cm³/mol. The zero-order valence-electron chi connectivity index (χ0n) is 10.4. The highest BCUT2D eigenvalue weighted by molar-refractivity contribution is 9.11. The Morgan fingerprint density at radius 1 is 0.952 bits per heavy atom. The lowest BCUT2D eigenvalue weighted by atomic mass is 9.97. The van der Waals surface area contributed by atoms with Gasteiger partial charge in [-0.05, 0) is 42.0 Å². The zero-order chi connectivity index (χ0) is 15.8. The molecule has 112 valence electrons. The van der Waals surface area contributed by atoms with E-state index < -0.39 is 23.6 Å². The average molecular weight is 427 g/mol. The second kappa shape index (κ2) is 6.06. The molecule has 1 unspecified atom stereocenters. The van der Waals surface area contributed by atoms with Crippen molar-refractivity contribution in [3.63, 3.8) is 0 Å². The quantitative estimate of drug-likeness (QED) is 0.637. The third-order valence-corrected chi connectivity index (χ3v) is 4.17. The molecule has 0 saturated carbocycles. The van der Waals surface area contributed by atoms with Crippen molar-refractivity contribution in [1.29, 1.82) is 0 Å². The number of rotatable bonds is 2. The first-order chi connectivity index (χ1) is 9.70. The summed E-state index contributed by atoms with van der Waals surface area (Å²) in [5, 5.41) is 0. The highest BCUT2D eigenvalue weighted by Gasteiger charge is 2.32. The standard InChI is InChI=1S/C14H9Br2F4N/c15-8-2-3-11(16)9(6-8)13(21)10-5-7(14(18,19)20)1-4-12(10)17/h1-6,13H,21H2. The van der Waals surface area contributed by atoms with Crippen LogP contribution in [0.3, 0.4) is 0 Å². The molecule has 0 aliphatic carbocycles. The molecule has 2 aromatic carbocycles. The van der Waals surface area contributed by atoms with E-state index in [9.17, 15) is 17.6 Å². The third-order valence-electron chi connectivity index (χ3n) is 2.95. The van der Waals surface area contributed by atoms with Gasteiger partial charge in [-0.2, -0.15) is 13.2 Å². The van der Waals surface area contributed by atoms with Crippen molar-refractivity contribution in [1.82, 2.24) is 0 Å². The Morgan fingerprint density at radius 3 is 2.24 bits per heavy atom. The largest absolute Gasteiger partial charge is 0.416 e. The van der Waals surface area contributed by atoms with Crippen molar-refractivity contribution in [3.05, 3.63) is 67.9 Å². The van der Waals surface area contributed by atoms with E-state index >= 15 is 0 Å². The minimum Gasteiger partial charge on any atom is -0.320 e. The first kappa shape index (κ1) is 16.5. The normalized spacial score (nSPS) is 13.3. The van der Waals surface area contributed by atoms with Crippen molar-refractivity contribution in [3.8, 4) is 0 Å². The molecule has 21 heavy (non-hydrogen) atoms. The Labute approximate surface area is 135 Å². The molecule has 0 aromatic heterocycles. The van der Waals surface area contributed by atoms with Gasteiger partial charge in [0.2, 0.25) is 0 Å². The van der Waals surface area contributed by atoms with E-state index in [1.165, 1.54) is 0 Å². The van der Waals surface area contributed by atoms with E-state index in [-0.39, 0.29) is 5.56 Å². The number of alkyl halides is 3. The van der Waals surface area contributed by atoms with Crippen LogP contribution in [-0.4, -0.2) is 0 Å². The molecular weight excluding hydrogens is 418 g/mol. The van der Waals surface area contributed by atoms with Gasteiger partial charge in [-0.15, -0.1) is 0 Å². The van der Waals surface area contributed by atoms with Gasteiger partial charge in [-0.1, -0.05) is 31.9 Å². The summed E-state index contributed by atoms with van der Waals surface area (Å²) >= 11 is 6.52. The summed E-state index contributed by atoms with van der Waals surface area (Å²) in [6, 6.07) is 6.26. The molecule has 0 bridgehead atoms. The van der Waals surface area contributed by atoms with Gasteiger partial charge in [0.05, 0.1) is 11.6 Å². The molecule has 0 heterocycles. The second-order valence-electron chi connectivity index (χ2n) is 4.38. The molecule has 2 N–H and O–H groups in total. The van der Waals surface area contributed by atoms with Crippen molar-refractivity contribution in [2.24, 2.45) is 5.73 Å². The van der Waals surface area contributed by atoms with Crippen molar-refractivity contribution in [2.45, 2.75) is 12.2 Å². The van der Waals surface area contributed by atoms with Crippen LogP contribution in [0, 0.1) is 5.82 Å². The van der Waals surface area contributed by atoms with Crippen LogP contribution >= 0.6 is 31.9 Å². The van der Waals surface area contributed by atoms with Crippen molar-refractivity contribution in [2.75, 3.05) is 0 Å². The third kappa shape index (κ3) is 3.64. The maximum Gasteiger partial charge on any atom is 0.416 e. The van der Waals surface area contributed by atoms with Gasteiger partial charge in [0.25, 0.3) is 0 Å². The molecule has 2 rings (SSSR count). The van der Waals surface area contributed by atoms with Crippen LogP contribution < -0.4 is 5.73 Å². The van der Waals surface area contributed by atoms with Gasteiger partial charge >= 0.3 is 6.18 Å². The maximum atomic E-state index is 13.9. The van der Waals surface area contributed by atoms with E-state index in [0.717, 1.165) is 12.1 Å². The van der Waals surface area contributed by atoms with E-state index in [2.05, 4.69) is 31.9 Å². The lowest BCUT2D eigenvalue weighted by Gasteiger charge is -2.17. The molecule has 0 fully saturated rings. The Bertz CT molecular complexity index is 671. The summed E-state index contributed by atoms with van der Waals surface area (Å²) in [6.45, 7) is 0. The molecule has 0 spiro atoms. The van der Waals surface area contributed by atoms with Crippen LogP contribution in [0.2, 0.25) is 0 Å². The van der Waals surface area contributed by atoms with Gasteiger partial charge < -0.3 is 5.73 Å². The lowest BCUT2D eigenvalue weighted by molar-refractivity contribution is -0.137. The smallest absolute Gasteiger partial charge is 0.320 e. The summed E-state index contributed by atoms with van der Waals surface area (Å²) in [5.74, 6) is -0.776. The fraction of sp³-hybridized carbons (Fsp3) is 0.143. The molecule has 1 nitrogen and oxygen atoms in total. The van der Waals surface area contributed by atoms with Gasteiger partial charge in [0.15, 0.2) is 0 Å². The summed E-state index contributed by atoms with van der Waals surface area (Å²) in [7, 11) is 0. The molecule has 7 heteroatoms. The molecule has 0 saturated heterocycles. The highest BCUT2D eigenvalue weighted by atomic mass is 79.9. The first-order valence-electron chi connectivity index (χ1n) is 5.77. The van der Waals surface area contributed by atoms with Crippen LogP contribution in [0.1, 0.15) is 22.7 Å². The van der Waals surface area contributed by atoms with E-state index in [1.807, 2.05) is 0 Å². The summed E-state index contributed by atoms with van der Waals surface area (Å²) < 4.78 is 53.3. The lowest BCUT2D eigenvalue weighted by Crippen LogP contribution is -2.16. The minimum absolute atomic E-state index is 0.205. The molecular formula is C14H9Br2F4N. The minimum atomic E-state index is -4.54. The van der Waals surface area contributed by atoms with Crippen LogP contribution in [0.25, 0.3) is 0 Å². The van der Waals surface area contributed by atoms with Gasteiger partial charge in [0.1, 0.15) is 5.82 Å². The maximum absolute atomic E-state index is 13.9. The van der Waals surface area contributed by atoms with E-state index in [1.54, 1.807) is 18.2 Å². The van der Waals surface area contributed by atoms with Gasteiger partial charge in [0, 0.05) is 14.5 Å². The Kier molecular flexibility index (Phi) is 4.75. The Hall–Kier alpha value is -0.920. The van der Waals surface area contributed by atoms with Crippen molar-refractivity contribution >= 4 is 31.9 Å². The molecule has 1 atom stereocenters. The molecule has 0 aliphatic rings. The molecule has 0 radical (unpaired) electrons. The van der Waals surface area contributed by atoms with Crippen LogP contribution in [0.5, 0.6) is 0 Å². The van der Waals surface area contributed by atoms with E-state index in [4.69, 9.17) is 5.73 Å². The SMILES string of the molecule is NC(c1cc(C(F)(F)F)ccc1F)c1cc(Br)ccc1Br. The fourth-order valence-electron chi connectivity index (χ4n) is 1.88. The average Bonchev–Trinajstić information content (AvgIpc) is 2.40. The van der Waals surface area contributed by atoms with Crippen LogP contribution in [0.4, 0.5) is 17.6 Å². The number of hydrogen-bond donors (Lipinski definition) is 1. The fourth-order valence-corrected chi connectivity index (χ4v) is 2.75. The number of nitrogens with two attached hydrogens (primary N) is 1. The zero-order valence-corrected chi connectivity index (χ0v) is 13.6. The van der Waals surface area contributed by atoms with Crippen LogP contribution in [0.15, 0.2) is 45.3 Å². The highest BCUT2D eigenvalue weighted by Crippen LogP contribution is 2.35. The molecule has 2 aromatic rings. The summed E-state index contributed by atoms with van der Waals surface area (Å²) in [4.78, 5) is 0. The monoisotopic (exact) mass is 425 g/mol. The molecule has 0 amide bonds.